The minimum Gasteiger partial charge on any atom is -0.495 e. The summed E-state index contributed by atoms with van der Waals surface area (Å²) in [5, 5.41) is 15.6. The number of amides is 2. The van der Waals surface area contributed by atoms with Crippen LogP contribution in [0.5, 0.6) is 5.75 Å². The third-order valence-electron chi connectivity index (χ3n) is 5.47. The molecule has 0 aliphatic heterocycles. The molecule has 164 valence electrons. The predicted molar refractivity (Wildman–Crippen MR) is 121 cm³/mol. The van der Waals surface area contributed by atoms with Crippen LogP contribution in [0.3, 0.4) is 0 Å². The number of carboxylic acid groups (broad SMARTS) is 1. The number of hydrogen-bond donors (Lipinski definition) is 3. The highest BCUT2D eigenvalue weighted by Gasteiger charge is 2.35. The van der Waals surface area contributed by atoms with Crippen molar-refractivity contribution < 1.29 is 24.2 Å². The van der Waals surface area contributed by atoms with Crippen LogP contribution in [0.2, 0.25) is 0 Å². The second kappa shape index (κ2) is 9.78. The van der Waals surface area contributed by atoms with Gasteiger partial charge in [-0.25, -0.2) is 0 Å². The number of para-hydroxylation sites is 2. The number of hydrogen-bond acceptors (Lipinski definition) is 5. The van der Waals surface area contributed by atoms with Gasteiger partial charge in [-0.05, 0) is 43.9 Å². The number of nitrogens with one attached hydrogen (secondary N) is 2. The summed E-state index contributed by atoms with van der Waals surface area (Å²) < 4.78 is 5.31. The first-order chi connectivity index (χ1) is 14.9. The van der Waals surface area contributed by atoms with E-state index in [1.165, 1.54) is 18.4 Å². The highest BCUT2D eigenvalue weighted by molar-refractivity contribution is 7.16. The van der Waals surface area contributed by atoms with E-state index in [1.807, 2.05) is 26.0 Å². The van der Waals surface area contributed by atoms with Crippen LogP contribution in [0.1, 0.15) is 40.6 Å². The van der Waals surface area contributed by atoms with Crippen molar-refractivity contribution in [3.8, 4) is 5.75 Å². The lowest BCUT2D eigenvalue weighted by Gasteiger charge is -2.24. The maximum absolute atomic E-state index is 13.2. The molecule has 0 saturated heterocycles. The Morgan fingerprint density at radius 2 is 1.81 bits per heavy atom. The zero-order chi connectivity index (χ0) is 22.5. The Labute approximate surface area is 185 Å². The summed E-state index contributed by atoms with van der Waals surface area (Å²) >= 11 is 1.33. The SMILES string of the molecule is CCc1c(C)sc(NC(=O)[C@H]2CC=CC[C@H]2C(=O)O)c1C(=O)Nc1ccccc1OC. The zero-order valence-corrected chi connectivity index (χ0v) is 18.5. The molecular formula is C23H26N2O5S. The van der Waals surface area contributed by atoms with Gasteiger partial charge in [-0.3, -0.25) is 14.4 Å². The Kier molecular flexibility index (Phi) is 7.12. The fourth-order valence-electron chi connectivity index (χ4n) is 3.85. The summed E-state index contributed by atoms with van der Waals surface area (Å²) in [6, 6.07) is 7.10. The summed E-state index contributed by atoms with van der Waals surface area (Å²) in [7, 11) is 1.53. The molecular weight excluding hydrogens is 416 g/mol. The van der Waals surface area contributed by atoms with Gasteiger partial charge in [-0.15, -0.1) is 11.3 Å². The van der Waals surface area contributed by atoms with Crippen molar-refractivity contribution in [3.05, 3.63) is 52.4 Å². The normalized spacial score (nSPS) is 17.8. The third kappa shape index (κ3) is 4.80. The highest BCUT2D eigenvalue weighted by Crippen LogP contribution is 2.36. The Balaban J connectivity index is 1.90. The molecule has 2 atom stereocenters. The molecule has 7 nitrogen and oxygen atoms in total. The van der Waals surface area contributed by atoms with Crippen molar-refractivity contribution in [1.82, 2.24) is 0 Å². The number of carbonyl (C=O) groups is 3. The van der Waals surface area contributed by atoms with Crippen LogP contribution in [0.4, 0.5) is 10.7 Å². The molecule has 31 heavy (non-hydrogen) atoms. The minimum atomic E-state index is -0.991. The molecule has 0 saturated carbocycles. The van der Waals surface area contributed by atoms with Gasteiger partial charge >= 0.3 is 5.97 Å². The molecule has 1 aromatic heterocycles. The first kappa shape index (κ1) is 22.6. The number of aryl methyl sites for hydroxylation is 1. The van der Waals surface area contributed by atoms with E-state index in [-0.39, 0.29) is 11.8 Å². The van der Waals surface area contributed by atoms with E-state index in [2.05, 4.69) is 10.6 Å². The van der Waals surface area contributed by atoms with Gasteiger partial charge in [0.05, 0.1) is 30.2 Å². The van der Waals surface area contributed by atoms with Gasteiger partial charge in [0.15, 0.2) is 0 Å². The van der Waals surface area contributed by atoms with E-state index in [1.54, 1.807) is 24.3 Å². The number of anilines is 2. The Hall–Kier alpha value is -3.13. The molecule has 0 bridgehead atoms. The highest BCUT2D eigenvalue weighted by atomic mass is 32.1. The smallest absolute Gasteiger partial charge is 0.307 e. The summed E-state index contributed by atoms with van der Waals surface area (Å²) in [6.45, 7) is 3.86. The zero-order valence-electron chi connectivity index (χ0n) is 17.7. The number of ether oxygens (including phenoxy) is 1. The van der Waals surface area contributed by atoms with E-state index in [9.17, 15) is 19.5 Å². The standard InChI is InChI=1S/C23H26N2O5S/c1-4-14-13(2)31-22(25-20(26)15-9-5-6-10-16(15)23(28)29)19(14)21(27)24-17-11-7-8-12-18(17)30-3/h5-8,11-12,15-16H,4,9-10H2,1-3H3,(H,24,27)(H,25,26)(H,28,29)/t15-,16+/m0/s1. The summed E-state index contributed by atoms with van der Waals surface area (Å²) in [5.41, 5.74) is 1.79. The van der Waals surface area contributed by atoms with Gasteiger partial charge in [0.1, 0.15) is 10.8 Å². The van der Waals surface area contributed by atoms with Gasteiger partial charge < -0.3 is 20.5 Å². The lowest BCUT2D eigenvalue weighted by atomic mass is 9.82. The monoisotopic (exact) mass is 442 g/mol. The molecule has 0 radical (unpaired) electrons. The Morgan fingerprint density at radius 3 is 2.45 bits per heavy atom. The van der Waals surface area contributed by atoms with Crippen molar-refractivity contribution in [2.24, 2.45) is 11.8 Å². The van der Waals surface area contributed by atoms with E-state index in [4.69, 9.17) is 4.74 Å². The number of benzene rings is 1. The van der Waals surface area contributed by atoms with Crippen molar-refractivity contribution in [1.29, 1.82) is 0 Å². The molecule has 1 aliphatic carbocycles. The maximum atomic E-state index is 13.2. The molecule has 1 heterocycles. The maximum Gasteiger partial charge on any atom is 0.307 e. The Morgan fingerprint density at radius 1 is 1.13 bits per heavy atom. The topological polar surface area (TPSA) is 105 Å². The largest absolute Gasteiger partial charge is 0.495 e. The molecule has 0 spiro atoms. The quantitative estimate of drug-likeness (QED) is 0.548. The summed E-state index contributed by atoms with van der Waals surface area (Å²) in [6.07, 6.45) is 4.92. The molecule has 2 amide bonds. The van der Waals surface area contributed by atoms with E-state index in [0.717, 1.165) is 10.4 Å². The van der Waals surface area contributed by atoms with Crippen LogP contribution in [0.15, 0.2) is 36.4 Å². The number of rotatable bonds is 7. The van der Waals surface area contributed by atoms with Crippen molar-refractivity contribution in [2.45, 2.75) is 33.1 Å². The van der Waals surface area contributed by atoms with Crippen molar-refractivity contribution in [2.75, 3.05) is 17.7 Å². The fraction of sp³-hybridized carbons (Fsp3) is 0.348. The van der Waals surface area contributed by atoms with Crippen LogP contribution in [0, 0.1) is 18.8 Å². The second-order valence-corrected chi connectivity index (χ2v) is 8.56. The fourth-order valence-corrected chi connectivity index (χ4v) is 4.99. The predicted octanol–water partition coefficient (Wildman–Crippen LogP) is 4.49. The average Bonchev–Trinajstić information content (AvgIpc) is 3.08. The van der Waals surface area contributed by atoms with Crippen LogP contribution >= 0.6 is 11.3 Å². The van der Waals surface area contributed by atoms with Crippen molar-refractivity contribution in [3.63, 3.8) is 0 Å². The van der Waals surface area contributed by atoms with E-state index < -0.39 is 17.8 Å². The molecule has 3 N–H and O–H groups in total. The number of methoxy groups -OCH3 is 1. The van der Waals surface area contributed by atoms with Gasteiger partial charge in [-0.2, -0.15) is 0 Å². The first-order valence-corrected chi connectivity index (χ1v) is 10.9. The molecule has 2 aromatic rings. The first-order valence-electron chi connectivity index (χ1n) is 10.1. The lowest BCUT2D eigenvalue weighted by molar-refractivity contribution is -0.146. The Bertz CT molecular complexity index is 1030. The van der Waals surface area contributed by atoms with E-state index in [0.29, 0.717) is 41.3 Å². The molecule has 3 rings (SSSR count). The van der Waals surface area contributed by atoms with Crippen LogP contribution in [-0.2, 0) is 16.0 Å². The number of carboxylic acids is 1. The molecule has 0 unspecified atom stereocenters. The minimum absolute atomic E-state index is 0.318. The number of carbonyl (C=O) groups excluding carboxylic acids is 2. The summed E-state index contributed by atoms with van der Waals surface area (Å²) in [4.78, 5) is 38.7. The van der Waals surface area contributed by atoms with Crippen LogP contribution in [-0.4, -0.2) is 30.0 Å². The molecule has 1 aromatic carbocycles. The average molecular weight is 443 g/mol. The third-order valence-corrected chi connectivity index (χ3v) is 6.53. The van der Waals surface area contributed by atoms with Gasteiger partial charge in [0, 0.05) is 4.88 Å². The van der Waals surface area contributed by atoms with Crippen LogP contribution < -0.4 is 15.4 Å². The molecule has 1 aliphatic rings. The van der Waals surface area contributed by atoms with Gasteiger partial charge in [0.25, 0.3) is 5.91 Å². The number of thiophene rings is 1. The molecule has 0 fully saturated rings. The summed E-state index contributed by atoms with van der Waals surface area (Å²) in [5.74, 6) is -2.64. The van der Waals surface area contributed by atoms with E-state index >= 15 is 0 Å². The number of aliphatic carboxylic acids is 1. The lowest BCUT2D eigenvalue weighted by Crippen LogP contribution is -2.35. The molecule has 8 heteroatoms. The van der Waals surface area contributed by atoms with Crippen molar-refractivity contribution >= 4 is 39.8 Å². The van der Waals surface area contributed by atoms with Gasteiger partial charge in [-0.1, -0.05) is 31.2 Å². The second-order valence-electron chi connectivity index (χ2n) is 7.33. The number of allylic oxidation sites excluding steroid dienone is 2. The van der Waals surface area contributed by atoms with Gasteiger partial charge in [0.2, 0.25) is 5.91 Å². The van der Waals surface area contributed by atoms with Crippen LogP contribution in [0.25, 0.3) is 0 Å².